The Morgan fingerprint density at radius 3 is 2.83 bits per heavy atom. The SMILES string of the molecule is CN1C(=O)C[C@@H](CNc2nc3ccccc3o2)[C@@H]1c1ccncc1. The number of likely N-dealkylation sites (tertiary alicyclic amines) is 1. The minimum atomic E-state index is 0.0392. The third-order valence-corrected chi connectivity index (χ3v) is 4.55. The molecule has 3 heterocycles. The monoisotopic (exact) mass is 322 g/mol. The predicted octanol–water partition coefficient (Wildman–Crippen LogP) is 2.85. The standard InChI is InChI=1S/C18H18N4O2/c1-22-16(23)10-13(17(22)12-6-8-19-9-7-12)11-20-18-21-14-4-2-3-5-15(14)24-18/h2-9,13,17H,10-11H2,1H3,(H,20,21)/t13-,17-/m0/s1. The van der Waals surface area contributed by atoms with Crippen LogP contribution in [0.5, 0.6) is 0 Å². The average molecular weight is 322 g/mol. The van der Waals surface area contributed by atoms with Gasteiger partial charge in [-0.15, -0.1) is 0 Å². The van der Waals surface area contributed by atoms with Gasteiger partial charge in [-0.25, -0.2) is 0 Å². The number of oxazole rings is 1. The molecule has 0 bridgehead atoms. The first-order valence-corrected chi connectivity index (χ1v) is 7.97. The number of pyridine rings is 1. The first-order chi connectivity index (χ1) is 11.7. The number of benzene rings is 1. The van der Waals surface area contributed by atoms with Gasteiger partial charge in [0.05, 0.1) is 6.04 Å². The quantitative estimate of drug-likeness (QED) is 0.800. The Hall–Kier alpha value is -2.89. The van der Waals surface area contributed by atoms with Gasteiger partial charge in [-0.2, -0.15) is 4.98 Å². The number of aromatic nitrogens is 2. The highest BCUT2D eigenvalue weighted by molar-refractivity contribution is 5.79. The maximum atomic E-state index is 12.2. The first kappa shape index (κ1) is 14.7. The van der Waals surface area contributed by atoms with Crippen molar-refractivity contribution in [3.05, 3.63) is 54.4 Å². The van der Waals surface area contributed by atoms with E-state index in [1.54, 1.807) is 12.4 Å². The van der Waals surface area contributed by atoms with Crippen molar-refractivity contribution < 1.29 is 9.21 Å². The molecule has 1 aliphatic heterocycles. The van der Waals surface area contributed by atoms with Gasteiger partial charge in [-0.05, 0) is 29.8 Å². The zero-order chi connectivity index (χ0) is 16.5. The number of carbonyl (C=O) groups excluding carboxylic acids is 1. The van der Waals surface area contributed by atoms with Gasteiger partial charge in [0.1, 0.15) is 5.52 Å². The molecular weight excluding hydrogens is 304 g/mol. The summed E-state index contributed by atoms with van der Waals surface area (Å²) in [5.74, 6) is 0.307. The van der Waals surface area contributed by atoms with Crippen LogP contribution in [0.4, 0.5) is 6.01 Å². The van der Waals surface area contributed by atoms with Crippen molar-refractivity contribution in [1.82, 2.24) is 14.9 Å². The molecule has 6 nitrogen and oxygen atoms in total. The van der Waals surface area contributed by atoms with Gasteiger partial charge >= 0.3 is 0 Å². The topological polar surface area (TPSA) is 71.3 Å². The molecule has 2 atom stereocenters. The summed E-state index contributed by atoms with van der Waals surface area (Å²) >= 11 is 0. The van der Waals surface area contributed by atoms with Crippen LogP contribution in [0.1, 0.15) is 18.0 Å². The van der Waals surface area contributed by atoms with E-state index in [1.165, 1.54) is 0 Å². The van der Waals surface area contributed by atoms with Gasteiger partial charge in [0.15, 0.2) is 5.58 Å². The molecule has 1 fully saturated rings. The number of carbonyl (C=O) groups is 1. The lowest BCUT2D eigenvalue weighted by molar-refractivity contribution is -0.127. The van der Waals surface area contributed by atoms with E-state index < -0.39 is 0 Å². The van der Waals surface area contributed by atoms with Crippen LogP contribution in [0.2, 0.25) is 0 Å². The fourth-order valence-corrected chi connectivity index (χ4v) is 3.36. The first-order valence-electron chi connectivity index (χ1n) is 7.97. The number of nitrogens with zero attached hydrogens (tertiary/aromatic N) is 3. The minimum Gasteiger partial charge on any atom is -0.424 e. The van der Waals surface area contributed by atoms with Crippen molar-refractivity contribution in [1.29, 1.82) is 0 Å². The number of amides is 1. The number of hydrogen-bond acceptors (Lipinski definition) is 5. The van der Waals surface area contributed by atoms with Crippen LogP contribution in [0.25, 0.3) is 11.1 Å². The lowest BCUT2D eigenvalue weighted by Crippen LogP contribution is -2.26. The molecule has 2 aromatic heterocycles. The zero-order valence-corrected chi connectivity index (χ0v) is 13.3. The molecule has 3 aromatic rings. The largest absolute Gasteiger partial charge is 0.424 e. The van der Waals surface area contributed by atoms with Crippen molar-refractivity contribution in [2.45, 2.75) is 12.5 Å². The van der Waals surface area contributed by atoms with Crippen LogP contribution in [0.3, 0.4) is 0 Å². The van der Waals surface area contributed by atoms with Gasteiger partial charge in [0.25, 0.3) is 6.01 Å². The number of fused-ring (bicyclic) bond motifs is 1. The van der Waals surface area contributed by atoms with Gasteiger partial charge in [-0.3, -0.25) is 9.78 Å². The van der Waals surface area contributed by atoms with Crippen molar-refractivity contribution in [2.24, 2.45) is 5.92 Å². The molecule has 0 saturated carbocycles. The van der Waals surface area contributed by atoms with Gasteiger partial charge < -0.3 is 14.6 Å². The third kappa shape index (κ3) is 2.60. The van der Waals surface area contributed by atoms with E-state index in [4.69, 9.17) is 4.42 Å². The van der Waals surface area contributed by atoms with Gasteiger partial charge in [-0.1, -0.05) is 12.1 Å². The van der Waals surface area contributed by atoms with Gasteiger partial charge in [0, 0.05) is 38.3 Å². The predicted molar refractivity (Wildman–Crippen MR) is 90.4 cm³/mol. The van der Waals surface area contributed by atoms with E-state index in [9.17, 15) is 4.79 Å². The molecule has 1 aromatic carbocycles. The Balaban J connectivity index is 1.53. The van der Waals surface area contributed by atoms with Gasteiger partial charge in [0.2, 0.25) is 5.91 Å². The number of nitrogens with one attached hydrogen (secondary N) is 1. The summed E-state index contributed by atoms with van der Waals surface area (Å²) in [5, 5.41) is 3.24. The fraction of sp³-hybridized carbons (Fsp3) is 0.278. The highest BCUT2D eigenvalue weighted by Crippen LogP contribution is 2.36. The number of anilines is 1. The molecule has 0 spiro atoms. The van der Waals surface area contributed by atoms with Crippen molar-refractivity contribution in [3.63, 3.8) is 0 Å². The van der Waals surface area contributed by atoms with E-state index in [0.717, 1.165) is 16.7 Å². The Morgan fingerprint density at radius 2 is 2.04 bits per heavy atom. The highest BCUT2D eigenvalue weighted by atomic mass is 16.4. The van der Waals surface area contributed by atoms with E-state index >= 15 is 0 Å². The Morgan fingerprint density at radius 1 is 1.25 bits per heavy atom. The number of hydrogen-bond donors (Lipinski definition) is 1. The summed E-state index contributed by atoms with van der Waals surface area (Å²) in [6.07, 6.45) is 4.03. The van der Waals surface area contributed by atoms with Crippen LogP contribution in [-0.2, 0) is 4.79 Å². The molecular formula is C18H18N4O2. The van der Waals surface area contributed by atoms with Crippen LogP contribution < -0.4 is 5.32 Å². The molecule has 1 N–H and O–H groups in total. The molecule has 0 unspecified atom stereocenters. The summed E-state index contributed by atoms with van der Waals surface area (Å²) in [4.78, 5) is 22.5. The molecule has 0 aliphatic carbocycles. The highest BCUT2D eigenvalue weighted by Gasteiger charge is 2.38. The molecule has 1 saturated heterocycles. The van der Waals surface area contributed by atoms with Crippen molar-refractivity contribution in [3.8, 4) is 0 Å². The second-order valence-corrected chi connectivity index (χ2v) is 6.06. The number of rotatable bonds is 4. The summed E-state index contributed by atoms with van der Waals surface area (Å²) < 4.78 is 5.69. The molecule has 6 heteroatoms. The molecule has 4 rings (SSSR count). The molecule has 24 heavy (non-hydrogen) atoms. The van der Waals surface area contributed by atoms with Crippen LogP contribution in [-0.4, -0.2) is 34.4 Å². The summed E-state index contributed by atoms with van der Waals surface area (Å²) in [6, 6.07) is 12.1. The van der Waals surface area contributed by atoms with Crippen LogP contribution in [0, 0.1) is 5.92 Å². The molecule has 1 aliphatic rings. The molecule has 122 valence electrons. The maximum absolute atomic E-state index is 12.2. The lowest BCUT2D eigenvalue weighted by atomic mass is 9.94. The molecule has 1 amide bonds. The fourth-order valence-electron chi connectivity index (χ4n) is 3.36. The van der Waals surface area contributed by atoms with E-state index in [1.807, 2.05) is 48.3 Å². The van der Waals surface area contributed by atoms with Crippen molar-refractivity contribution >= 4 is 23.0 Å². The Kier molecular flexibility index (Phi) is 3.65. The Labute approximate surface area is 139 Å². The smallest absolute Gasteiger partial charge is 0.295 e. The van der Waals surface area contributed by atoms with E-state index in [2.05, 4.69) is 15.3 Å². The number of para-hydroxylation sites is 2. The summed E-state index contributed by atoms with van der Waals surface area (Å²) in [5.41, 5.74) is 2.68. The van der Waals surface area contributed by atoms with Crippen LogP contribution in [0.15, 0.2) is 53.2 Å². The maximum Gasteiger partial charge on any atom is 0.295 e. The Bertz CT molecular complexity index is 829. The summed E-state index contributed by atoms with van der Waals surface area (Å²) in [7, 11) is 1.85. The van der Waals surface area contributed by atoms with Crippen molar-refractivity contribution in [2.75, 3.05) is 18.9 Å². The normalized spacial score (nSPS) is 20.7. The van der Waals surface area contributed by atoms with Crippen LogP contribution >= 0.6 is 0 Å². The second-order valence-electron chi connectivity index (χ2n) is 6.06. The van der Waals surface area contributed by atoms with E-state index in [0.29, 0.717) is 19.0 Å². The summed E-state index contributed by atoms with van der Waals surface area (Å²) in [6.45, 7) is 0.621. The van der Waals surface area contributed by atoms with E-state index in [-0.39, 0.29) is 17.9 Å². The third-order valence-electron chi connectivity index (χ3n) is 4.55. The lowest BCUT2D eigenvalue weighted by Gasteiger charge is -2.25. The second kappa shape index (κ2) is 5.96. The average Bonchev–Trinajstić information content (AvgIpc) is 3.15. The zero-order valence-electron chi connectivity index (χ0n) is 13.3. The molecule has 0 radical (unpaired) electrons. The minimum absolute atomic E-state index is 0.0392.